The number of aromatic nitrogens is 1. The van der Waals surface area contributed by atoms with Crippen LogP contribution in [0.1, 0.15) is 42.2 Å². The number of rotatable bonds is 6. The quantitative estimate of drug-likeness (QED) is 0.791. The molecule has 0 spiro atoms. The molecule has 0 atom stereocenters. The van der Waals surface area contributed by atoms with E-state index in [1.807, 2.05) is 24.3 Å². The van der Waals surface area contributed by atoms with E-state index in [2.05, 4.69) is 34.2 Å². The third-order valence-electron chi connectivity index (χ3n) is 3.37. The van der Waals surface area contributed by atoms with Crippen LogP contribution in [0.5, 0.6) is 0 Å². The molecule has 2 rings (SSSR count). The number of carbonyl (C=O) groups excluding carboxylic acids is 1. The van der Waals surface area contributed by atoms with Gasteiger partial charge < -0.3 is 9.88 Å². The van der Waals surface area contributed by atoms with Crippen molar-refractivity contribution in [3.05, 3.63) is 52.3 Å². The number of hydrogen-bond acceptors (Lipinski definition) is 2. The van der Waals surface area contributed by atoms with Gasteiger partial charge in [0.2, 0.25) is 0 Å². The number of carbonyl (C=O) groups is 1. The fraction of sp³-hybridized carbons (Fsp3) is 0.294. The van der Waals surface area contributed by atoms with Crippen molar-refractivity contribution in [1.29, 1.82) is 5.26 Å². The number of halogens is 1. The van der Waals surface area contributed by atoms with Crippen LogP contribution in [0.15, 0.2) is 41.0 Å². The van der Waals surface area contributed by atoms with Crippen LogP contribution < -0.4 is 5.32 Å². The van der Waals surface area contributed by atoms with E-state index >= 15 is 0 Å². The van der Waals surface area contributed by atoms with Gasteiger partial charge in [0.15, 0.2) is 0 Å². The van der Waals surface area contributed by atoms with Crippen LogP contribution in [0.4, 0.5) is 0 Å². The van der Waals surface area contributed by atoms with Crippen molar-refractivity contribution in [2.45, 2.75) is 26.2 Å². The Morgan fingerprint density at radius 1 is 1.36 bits per heavy atom. The minimum atomic E-state index is -0.211. The molecule has 5 heteroatoms. The van der Waals surface area contributed by atoms with Crippen LogP contribution in [0.25, 0.3) is 5.69 Å². The number of nitriles is 1. The summed E-state index contributed by atoms with van der Waals surface area (Å²) in [7, 11) is 0. The molecule has 2 aromatic rings. The van der Waals surface area contributed by atoms with Gasteiger partial charge in [-0.3, -0.25) is 4.79 Å². The van der Waals surface area contributed by atoms with E-state index in [0.717, 1.165) is 29.4 Å². The van der Waals surface area contributed by atoms with Gasteiger partial charge in [-0.15, -0.1) is 0 Å². The summed E-state index contributed by atoms with van der Waals surface area (Å²) in [5, 5.41) is 12.1. The minimum absolute atomic E-state index is 0.211. The summed E-state index contributed by atoms with van der Waals surface area (Å²) in [6, 6.07) is 11.4. The predicted molar refractivity (Wildman–Crippen MR) is 90.0 cm³/mol. The molecule has 22 heavy (non-hydrogen) atoms. The molecule has 0 saturated carbocycles. The molecule has 1 aromatic heterocycles. The Kier molecular flexibility index (Phi) is 5.79. The van der Waals surface area contributed by atoms with Crippen molar-refractivity contribution in [2.24, 2.45) is 0 Å². The van der Waals surface area contributed by atoms with E-state index in [9.17, 15) is 10.1 Å². The number of unbranched alkanes of at least 4 members (excludes halogenated alkanes) is 2. The lowest BCUT2D eigenvalue weighted by Gasteiger charge is -2.11. The van der Waals surface area contributed by atoms with Gasteiger partial charge in [-0.05, 0) is 30.7 Å². The normalized spacial score (nSPS) is 10.2. The third kappa shape index (κ3) is 3.77. The molecule has 0 aliphatic heterocycles. The van der Waals surface area contributed by atoms with Gasteiger partial charge in [0.1, 0.15) is 11.8 Å². The number of nitrogens with zero attached hydrogens (tertiary/aromatic N) is 2. The molecule has 1 amide bonds. The van der Waals surface area contributed by atoms with Crippen molar-refractivity contribution in [1.82, 2.24) is 9.88 Å². The summed E-state index contributed by atoms with van der Waals surface area (Å²) >= 11 is 3.43. The van der Waals surface area contributed by atoms with Crippen molar-refractivity contribution in [2.75, 3.05) is 6.54 Å². The molecule has 0 bridgehead atoms. The summed E-state index contributed by atoms with van der Waals surface area (Å²) < 4.78 is 2.67. The lowest BCUT2D eigenvalue weighted by atomic mass is 10.2. The minimum Gasteiger partial charge on any atom is -0.351 e. The zero-order chi connectivity index (χ0) is 15.9. The molecule has 0 radical (unpaired) electrons. The fourth-order valence-corrected chi connectivity index (χ4v) is 2.64. The van der Waals surface area contributed by atoms with Crippen LogP contribution in [-0.4, -0.2) is 17.0 Å². The lowest BCUT2D eigenvalue weighted by Crippen LogP contribution is -2.27. The van der Waals surface area contributed by atoms with E-state index in [1.54, 1.807) is 16.8 Å². The van der Waals surface area contributed by atoms with Gasteiger partial charge in [0.05, 0.1) is 5.56 Å². The topological polar surface area (TPSA) is 57.8 Å². The number of benzene rings is 1. The molecule has 0 aliphatic rings. The van der Waals surface area contributed by atoms with Gasteiger partial charge in [-0.1, -0.05) is 41.8 Å². The zero-order valence-corrected chi connectivity index (χ0v) is 14.1. The van der Waals surface area contributed by atoms with Crippen molar-refractivity contribution >= 4 is 21.8 Å². The van der Waals surface area contributed by atoms with Gasteiger partial charge >= 0.3 is 0 Å². The van der Waals surface area contributed by atoms with Crippen LogP contribution in [0.3, 0.4) is 0 Å². The number of nitrogens with one attached hydrogen (secondary N) is 1. The van der Waals surface area contributed by atoms with Crippen LogP contribution >= 0.6 is 15.9 Å². The number of amides is 1. The van der Waals surface area contributed by atoms with Crippen molar-refractivity contribution < 1.29 is 4.79 Å². The van der Waals surface area contributed by atoms with Gasteiger partial charge in [-0.2, -0.15) is 5.26 Å². The fourth-order valence-electron chi connectivity index (χ4n) is 2.26. The second-order valence-corrected chi connectivity index (χ2v) is 5.92. The predicted octanol–water partition coefficient (Wildman–Crippen LogP) is 4.03. The largest absolute Gasteiger partial charge is 0.351 e. The standard InChI is InChI=1S/C17H18BrN3O/c1-2-3-4-9-20-17(22)16-13(12-19)8-10-21(16)15-7-5-6-14(18)11-15/h5-8,10-11H,2-4,9H2,1H3,(H,20,22). The Bertz CT molecular complexity index is 700. The average molecular weight is 360 g/mol. The maximum absolute atomic E-state index is 12.4. The van der Waals surface area contributed by atoms with E-state index in [1.165, 1.54) is 0 Å². The highest BCUT2D eigenvalue weighted by atomic mass is 79.9. The summed E-state index contributed by atoms with van der Waals surface area (Å²) in [6.45, 7) is 2.75. The highest BCUT2D eigenvalue weighted by Gasteiger charge is 2.17. The smallest absolute Gasteiger partial charge is 0.269 e. The molecule has 114 valence electrons. The third-order valence-corrected chi connectivity index (χ3v) is 3.87. The Morgan fingerprint density at radius 3 is 2.86 bits per heavy atom. The molecule has 1 aromatic carbocycles. The van der Waals surface area contributed by atoms with E-state index in [4.69, 9.17) is 0 Å². The Hall–Kier alpha value is -2.06. The van der Waals surface area contributed by atoms with Gasteiger partial charge in [0.25, 0.3) is 5.91 Å². The summed E-state index contributed by atoms with van der Waals surface area (Å²) in [5.74, 6) is -0.211. The molecule has 1 heterocycles. The summed E-state index contributed by atoms with van der Waals surface area (Å²) in [6.07, 6.45) is 4.88. The Balaban J connectivity index is 2.28. The lowest BCUT2D eigenvalue weighted by molar-refractivity contribution is 0.0946. The second kappa shape index (κ2) is 7.81. The van der Waals surface area contributed by atoms with Crippen molar-refractivity contribution in [3.63, 3.8) is 0 Å². The summed E-state index contributed by atoms with van der Waals surface area (Å²) in [5.41, 5.74) is 1.61. The molecule has 0 fully saturated rings. The molecule has 0 aliphatic carbocycles. The molecular formula is C17H18BrN3O. The first-order valence-electron chi connectivity index (χ1n) is 7.33. The van der Waals surface area contributed by atoms with E-state index in [0.29, 0.717) is 17.8 Å². The first-order chi connectivity index (χ1) is 10.7. The maximum Gasteiger partial charge on any atom is 0.269 e. The molecule has 4 nitrogen and oxygen atoms in total. The second-order valence-electron chi connectivity index (χ2n) is 5.00. The maximum atomic E-state index is 12.4. The SMILES string of the molecule is CCCCCNC(=O)c1c(C#N)ccn1-c1cccc(Br)c1. The Morgan fingerprint density at radius 2 is 2.18 bits per heavy atom. The molecular weight excluding hydrogens is 342 g/mol. The highest BCUT2D eigenvalue weighted by Crippen LogP contribution is 2.20. The highest BCUT2D eigenvalue weighted by molar-refractivity contribution is 9.10. The van der Waals surface area contributed by atoms with E-state index in [-0.39, 0.29) is 5.91 Å². The molecule has 0 saturated heterocycles. The first kappa shape index (κ1) is 16.3. The monoisotopic (exact) mass is 359 g/mol. The Labute approximate surface area is 138 Å². The van der Waals surface area contributed by atoms with Crippen molar-refractivity contribution in [3.8, 4) is 11.8 Å². The van der Waals surface area contributed by atoms with Crippen LogP contribution in [0.2, 0.25) is 0 Å². The molecule has 0 unspecified atom stereocenters. The number of hydrogen-bond donors (Lipinski definition) is 1. The zero-order valence-electron chi connectivity index (χ0n) is 12.5. The van der Waals surface area contributed by atoms with E-state index < -0.39 is 0 Å². The van der Waals surface area contributed by atoms with Crippen LogP contribution in [0, 0.1) is 11.3 Å². The molecule has 1 N–H and O–H groups in total. The van der Waals surface area contributed by atoms with Gasteiger partial charge in [0, 0.05) is 22.9 Å². The summed E-state index contributed by atoms with van der Waals surface area (Å²) in [4.78, 5) is 12.4. The first-order valence-corrected chi connectivity index (χ1v) is 8.12. The van der Waals surface area contributed by atoms with Crippen LogP contribution in [-0.2, 0) is 0 Å². The average Bonchev–Trinajstić information content (AvgIpc) is 2.95. The van der Waals surface area contributed by atoms with Gasteiger partial charge in [-0.25, -0.2) is 0 Å².